The topological polar surface area (TPSA) is 98.7 Å². The Hall–Kier alpha value is -2.65. The number of hydrogen-bond donors (Lipinski definition) is 1. The van der Waals surface area contributed by atoms with Gasteiger partial charge < -0.3 is 10.5 Å². The van der Waals surface area contributed by atoms with Crippen molar-refractivity contribution in [1.29, 1.82) is 0 Å². The number of ether oxygens (including phenoxy) is 1. The van der Waals surface area contributed by atoms with Gasteiger partial charge >= 0.3 is 0 Å². The lowest BCUT2D eigenvalue weighted by atomic mass is 9.96. The van der Waals surface area contributed by atoms with Crippen molar-refractivity contribution in [2.75, 3.05) is 25.4 Å². The highest BCUT2D eigenvalue weighted by Crippen LogP contribution is 2.37. The monoisotopic (exact) mass is 547 g/mol. The minimum absolute atomic E-state index is 0.0618. The van der Waals surface area contributed by atoms with Crippen LogP contribution in [0.4, 0.5) is 10.7 Å². The van der Waals surface area contributed by atoms with Crippen LogP contribution in [0.25, 0.3) is 0 Å². The smallest absolute Gasteiger partial charge is 0.269 e. The van der Waals surface area contributed by atoms with Crippen molar-refractivity contribution in [3.05, 3.63) is 84.2 Å². The molecule has 0 amide bonds. The van der Waals surface area contributed by atoms with Crippen LogP contribution in [0.3, 0.4) is 0 Å². The van der Waals surface area contributed by atoms with Crippen LogP contribution in [0.2, 0.25) is 10.0 Å². The molecule has 10 heteroatoms. The third-order valence-corrected chi connectivity index (χ3v) is 8.04. The van der Waals surface area contributed by atoms with Crippen molar-refractivity contribution >= 4 is 51.0 Å². The van der Waals surface area contributed by atoms with Crippen LogP contribution in [-0.2, 0) is 13.0 Å². The van der Waals surface area contributed by atoms with Crippen molar-refractivity contribution in [2.24, 2.45) is 0 Å². The first-order chi connectivity index (χ1) is 17.3. The highest BCUT2D eigenvalue weighted by molar-refractivity contribution is 7.16. The summed E-state index contributed by atoms with van der Waals surface area (Å²) in [5.74, 6) is 0.546. The number of nitrogen functional groups attached to an aromatic ring is 1. The van der Waals surface area contributed by atoms with Crippen LogP contribution >= 0.6 is 34.5 Å². The Morgan fingerprint density at radius 1 is 1.08 bits per heavy atom. The van der Waals surface area contributed by atoms with Gasteiger partial charge in [0.1, 0.15) is 5.75 Å². The molecule has 36 heavy (non-hydrogen) atoms. The number of halogens is 2. The molecule has 0 radical (unpaired) electrons. The molecule has 0 bridgehead atoms. The number of unbranched alkanes of at least 4 members (excludes halogenated alkanes) is 3. The van der Waals surface area contributed by atoms with E-state index in [9.17, 15) is 14.9 Å². The number of carbonyl (C=O) groups excluding carboxylic acids is 1. The molecule has 2 aromatic carbocycles. The summed E-state index contributed by atoms with van der Waals surface area (Å²) in [6, 6.07) is 11.1. The van der Waals surface area contributed by atoms with E-state index in [1.54, 1.807) is 30.3 Å². The Bertz CT molecular complexity index is 1250. The van der Waals surface area contributed by atoms with Gasteiger partial charge in [-0.15, -0.1) is 11.3 Å². The maximum absolute atomic E-state index is 13.1. The van der Waals surface area contributed by atoms with Gasteiger partial charge in [0.15, 0.2) is 5.78 Å². The van der Waals surface area contributed by atoms with E-state index in [0.29, 0.717) is 38.5 Å². The fourth-order valence-corrected chi connectivity index (χ4v) is 5.80. The molecule has 2 N–H and O–H groups in total. The zero-order chi connectivity index (χ0) is 25.7. The molecule has 4 rings (SSSR count). The Kier molecular flexibility index (Phi) is 8.85. The highest BCUT2D eigenvalue weighted by atomic mass is 35.5. The number of nitro groups is 1. The fourth-order valence-electron chi connectivity index (χ4n) is 4.34. The largest absolute Gasteiger partial charge is 0.494 e. The van der Waals surface area contributed by atoms with Crippen molar-refractivity contribution in [3.8, 4) is 5.75 Å². The summed E-state index contributed by atoms with van der Waals surface area (Å²) in [6.45, 7) is 3.29. The van der Waals surface area contributed by atoms with Gasteiger partial charge in [0, 0.05) is 35.7 Å². The Morgan fingerprint density at radius 2 is 1.83 bits per heavy atom. The summed E-state index contributed by atoms with van der Waals surface area (Å²) >= 11 is 13.6. The number of anilines is 1. The van der Waals surface area contributed by atoms with Gasteiger partial charge in [0.25, 0.3) is 5.69 Å². The Labute approximate surface area is 223 Å². The lowest BCUT2D eigenvalue weighted by Gasteiger charge is -2.27. The molecule has 1 aliphatic heterocycles. The molecule has 1 aromatic heterocycles. The molecule has 2 heterocycles. The predicted molar refractivity (Wildman–Crippen MR) is 145 cm³/mol. The lowest BCUT2D eigenvalue weighted by molar-refractivity contribution is -0.384. The molecule has 0 fully saturated rings. The van der Waals surface area contributed by atoms with Crippen molar-refractivity contribution in [1.82, 2.24) is 4.90 Å². The summed E-state index contributed by atoms with van der Waals surface area (Å²) in [6.07, 6.45) is 4.97. The number of hydrogen-bond acceptors (Lipinski definition) is 7. The number of fused-ring (bicyclic) bond motifs is 1. The van der Waals surface area contributed by atoms with E-state index >= 15 is 0 Å². The molecule has 0 atom stereocenters. The summed E-state index contributed by atoms with van der Waals surface area (Å²) in [4.78, 5) is 27.0. The van der Waals surface area contributed by atoms with Gasteiger partial charge in [-0.25, -0.2) is 0 Å². The van der Waals surface area contributed by atoms with Gasteiger partial charge in [-0.1, -0.05) is 36.0 Å². The zero-order valence-electron chi connectivity index (χ0n) is 19.7. The second-order valence-electron chi connectivity index (χ2n) is 8.74. The van der Waals surface area contributed by atoms with E-state index in [-0.39, 0.29) is 11.5 Å². The maximum Gasteiger partial charge on any atom is 0.269 e. The van der Waals surface area contributed by atoms with Gasteiger partial charge in [-0.2, -0.15) is 0 Å². The van der Waals surface area contributed by atoms with Gasteiger partial charge in [-0.3, -0.25) is 19.8 Å². The average molecular weight is 548 g/mol. The number of carbonyl (C=O) groups is 1. The standard InChI is InChI=1S/C26H27Cl2N3O4S/c27-21-10-5-17(15-22(21)28)25(32)24-20-11-13-30(16-23(20)36-26(24)29)12-3-1-2-4-14-35-19-8-6-18(7-9-19)31(33)34/h5-10,15H,1-4,11-14,16,29H2. The summed E-state index contributed by atoms with van der Waals surface area (Å²) in [5.41, 5.74) is 8.52. The number of benzene rings is 2. The molecule has 3 aromatic rings. The Balaban J connectivity index is 1.20. The Morgan fingerprint density at radius 3 is 2.56 bits per heavy atom. The molecule has 0 saturated carbocycles. The van der Waals surface area contributed by atoms with Crippen molar-refractivity contribution < 1.29 is 14.5 Å². The van der Waals surface area contributed by atoms with Crippen LogP contribution in [0.5, 0.6) is 5.75 Å². The normalized spacial score (nSPS) is 13.4. The molecule has 0 spiro atoms. The van der Waals surface area contributed by atoms with E-state index < -0.39 is 4.92 Å². The predicted octanol–water partition coefficient (Wildman–Crippen LogP) is 6.77. The van der Waals surface area contributed by atoms with Crippen LogP contribution in [0, 0.1) is 10.1 Å². The third kappa shape index (κ3) is 6.37. The molecule has 1 aliphatic rings. The number of rotatable bonds is 11. The number of non-ortho nitro benzene ring substituents is 1. The van der Waals surface area contributed by atoms with Crippen LogP contribution in [0.15, 0.2) is 42.5 Å². The number of ketones is 1. The number of nitrogens with two attached hydrogens (primary N) is 1. The molecular formula is C26H27Cl2N3O4S. The fraction of sp³-hybridized carbons (Fsp3) is 0.346. The number of nitro benzene ring substituents is 1. The van der Waals surface area contributed by atoms with Crippen LogP contribution < -0.4 is 10.5 Å². The van der Waals surface area contributed by atoms with Crippen LogP contribution in [0.1, 0.15) is 52.0 Å². The first kappa shape index (κ1) is 26.4. The van der Waals surface area contributed by atoms with Gasteiger partial charge in [0.05, 0.1) is 32.1 Å². The quantitative estimate of drug-likeness (QED) is 0.123. The minimum Gasteiger partial charge on any atom is -0.494 e. The molecule has 0 aliphatic carbocycles. The van der Waals surface area contributed by atoms with E-state index in [4.69, 9.17) is 33.7 Å². The van der Waals surface area contributed by atoms with Crippen LogP contribution in [-0.4, -0.2) is 35.3 Å². The molecule has 190 valence electrons. The van der Waals surface area contributed by atoms with Gasteiger partial charge in [-0.05, 0) is 61.7 Å². The summed E-state index contributed by atoms with van der Waals surface area (Å²) in [5, 5.41) is 12.0. The van der Waals surface area contributed by atoms with Gasteiger partial charge in [0.2, 0.25) is 0 Å². The number of nitrogens with zero attached hydrogens (tertiary/aromatic N) is 2. The second-order valence-corrected chi connectivity index (χ2v) is 10.7. The minimum atomic E-state index is -0.420. The van der Waals surface area contributed by atoms with E-state index in [2.05, 4.69) is 4.90 Å². The van der Waals surface area contributed by atoms with Crippen molar-refractivity contribution in [2.45, 2.75) is 38.6 Å². The van der Waals surface area contributed by atoms with Crippen molar-refractivity contribution in [3.63, 3.8) is 0 Å². The molecular weight excluding hydrogens is 521 g/mol. The second kappa shape index (κ2) is 12.1. The highest BCUT2D eigenvalue weighted by Gasteiger charge is 2.27. The van der Waals surface area contributed by atoms with E-state index in [1.807, 2.05) is 0 Å². The number of thiophene rings is 1. The molecule has 7 nitrogen and oxygen atoms in total. The first-order valence-corrected chi connectivity index (χ1v) is 13.4. The SMILES string of the molecule is Nc1sc2c(c1C(=O)c1ccc(Cl)c(Cl)c1)CCN(CCCCCCOc1ccc([N+](=O)[O-])cc1)C2. The molecule has 0 saturated heterocycles. The molecule has 0 unspecified atom stereocenters. The van der Waals surface area contributed by atoms with E-state index in [1.165, 1.54) is 28.3 Å². The van der Waals surface area contributed by atoms with E-state index in [0.717, 1.165) is 57.3 Å². The lowest BCUT2D eigenvalue weighted by Crippen LogP contribution is -2.31. The maximum atomic E-state index is 13.1. The summed E-state index contributed by atoms with van der Waals surface area (Å²) in [7, 11) is 0. The first-order valence-electron chi connectivity index (χ1n) is 11.8. The zero-order valence-corrected chi connectivity index (χ0v) is 22.0. The summed E-state index contributed by atoms with van der Waals surface area (Å²) < 4.78 is 5.67. The average Bonchev–Trinajstić information content (AvgIpc) is 3.19. The third-order valence-electron chi connectivity index (χ3n) is 6.26.